The Hall–Kier alpha value is -2.33. The fourth-order valence-electron chi connectivity index (χ4n) is 7.45. The molecule has 0 saturated heterocycles. The molecule has 4 fully saturated rings. The molecule has 1 amide bonds. The largest absolute Gasteiger partial charge is 0.369 e. The molecular formula is C24H33N3O6S. The third kappa shape index (κ3) is 3.84. The zero-order valence-corrected chi connectivity index (χ0v) is 20.8. The number of para-hydroxylation sites is 1. The SMILES string of the molecule is CCN(C(C)(C)C(=O)CC12CC3CC(C1)CC(C(N)=O)(C3)C2)S(=O)(=O)c1ccccc1[N+](=O)[O-]. The van der Waals surface area contributed by atoms with E-state index in [9.17, 15) is 28.1 Å². The van der Waals surface area contributed by atoms with E-state index in [1.54, 1.807) is 20.8 Å². The van der Waals surface area contributed by atoms with Crippen LogP contribution in [0.2, 0.25) is 0 Å². The van der Waals surface area contributed by atoms with Crippen molar-refractivity contribution >= 4 is 27.4 Å². The molecular weight excluding hydrogens is 458 g/mol. The number of hydrogen-bond donors (Lipinski definition) is 1. The van der Waals surface area contributed by atoms with Crippen LogP contribution < -0.4 is 5.73 Å². The lowest BCUT2D eigenvalue weighted by atomic mass is 9.43. The van der Waals surface area contributed by atoms with Crippen molar-refractivity contribution in [1.29, 1.82) is 0 Å². The summed E-state index contributed by atoms with van der Waals surface area (Å²) in [6, 6.07) is 5.19. The molecule has 186 valence electrons. The van der Waals surface area contributed by atoms with E-state index in [2.05, 4.69) is 0 Å². The van der Waals surface area contributed by atoms with Crippen LogP contribution in [0, 0.1) is 32.8 Å². The van der Waals surface area contributed by atoms with Crippen molar-refractivity contribution in [3.63, 3.8) is 0 Å². The molecule has 9 nitrogen and oxygen atoms in total. The van der Waals surface area contributed by atoms with Crippen molar-refractivity contribution in [2.24, 2.45) is 28.4 Å². The first-order valence-electron chi connectivity index (χ1n) is 11.9. The van der Waals surface area contributed by atoms with E-state index in [4.69, 9.17) is 5.73 Å². The first-order chi connectivity index (χ1) is 15.8. The molecule has 4 aliphatic rings. The first kappa shape index (κ1) is 24.8. The number of ketones is 1. The Morgan fingerprint density at radius 3 is 2.29 bits per heavy atom. The summed E-state index contributed by atoms with van der Waals surface area (Å²) in [5.41, 5.74) is 2.98. The van der Waals surface area contributed by atoms with Crippen LogP contribution in [0.25, 0.3) is 0 Å². The van der Waals surface area contributed by atoms with E-state index in [-0.39, 0.29) is 30.1 Å². The highest BCUT2D eigenvalue weighted by Crippen LogP contribution is 2.66. The quantitative estimate of drug-likeness (QED) is 0.414. The van der Waals surface area contributed by atoms with Crippen LogP contribution in [0.1, 0.15) is 65.7 Å². The number of nitrogens with two attached hydrogens (primary N) is 1. The molecule has 34 heavy (non-hydrogen) atoms. The van der Waals surface area contributed by atoms with Crippen molar-refractivity contribution in [3.8, 4) is 0 Å². The first-order valence-corrected chi connectivity index (χ1v) is 13.3. The molecule has 4 saturated carbocycles. The predicted molar refractivity (Wildman–Crippen MR) is 125 cm³/mol. The minimum Gasteiger partial charge on any atom is -0.369 e. The number of nitrogens with zero attached hydrogens (tertiary/aromatic N) is 2. The van der Waals surface area contributed by atoms with Gasteiger partial charge in [0, 0.05) is 19.0 Å². The number of likely N-dealkylation sites (N-methyl/N-ethyl adjacent to an activating group) is 1. The normalized spacial score (nSPS) is 30.5. The molecule has 4 aliphatic carbocycles. The Morgan fingerprint density at radius 1 is 1.18 bits per heavy atom. The minimum absolute atomic E-state index is 0.0173. The van der Waals surface area contributed by atoms with Crippen molar-refractivity contribution in [2.45, 2.75) is 76.2 Å². The van der Waals surface area contributed by atoms with Crippen LogP contribution >= 0.6 is 0 Å². The number of hydrogen-bond acceptors (Lipinski definition) is 6. The second-order valence-corrected chi connectivity index (χ2v) is 13.0. The molecule has 2 atom stereocenters. The highest BCUT2D eigenvalue weighted by atomic mass is 32.2. The van der Waals surface area contributed by atoms with E-state index in [0.717, 1.165) is 42.5 Å². The molecule has 0 heterocycles. The van der Waals surface area contributed by atoms with Gasteiger partial charge in [-0.2, -0.15) is 4.31 Å². The summed E-state index contributed by atoms with van der Waals surface area (Å²) in [5.74, 6) is 0.204. The number of nitro benzene ring substituents is 1. The van der Waals surface area contributed by atoms with Gasteiger partial charge in [-0.25, -0.2) is 8.42 Å². The number of rotatable bonds is 9. The predicted octanol–water partition coefficient (Wildman–Crippen LogP) is 3.42. The maximum absolute atomic E-state index is 13.8. The standard InChI is InChI=1S/C24H33N3O6S/c1-4-26(34(32,33)19-8-6-5-7-18(19)27(30)31)22(2,3)20(28)14-23-10-16-9-17(11-23)13-24(12-16,15-23)21(25)29/h5-8,16-17H,4,9-15H2,1-3H3,(H2,25,29). The number of carbonyl (C=O) groups is 2. The lowest BCUT2D eigenvalue weighted by molar-refractivity contribution is -0.387. The molecule has 0 aliphatic heterocycles. The van der Waals surface area contributed by atoms with Gasteiger partial charge in [0.25, 0.3) is 15.7 Å². The van der Waals surface area contributed by atoms with Gasteiger partial charge in [0.2, 0.25) is 5.91 Å². The topological polar surface area (TPSA) is 141 Å². The Morgan fingerprint density at radius 2 is 1.76 bits per heavy atom. The van der Waals surface area contributed by atoms with E-state index >= 15 is 0 Å². The number of amides is 1. The number of nitro groups is 1. The Kier molecular flexibility index (Phi) is 5.92. The van der Waals surface area contributed by atoms with Crippen molar-refractivity contribution in [1.82, 2.24) is 4.31 Å². The molecule has 10 heteroatoms. The van der Waals surface area contributed by atoms with Crippen LogP contribution in [0.5, 0.6) is 0 Å². The molecule has 0 radical (unpaired) electrons. The zero-order chi connectivity index (χ0) is 25.1. The number of benzene rings is 1. The maximum atomic E-state index is 13.8. The average Bonchev–Trinajstić information content (AvgIpc) is 2.72. The van der Waals surface area contributed by atoms with Gasteiger partial charge in [-0.05, 0) is 75.7 Å². The van der Waals surface area contributed by atoms with Crippen LogP contribution in [0.4, 0.5) is 5.69 Å². The lowest BCUT2D eigenvalue weighted by Crippen LogP contribution is -2.59. The van der Waals surface area contributed by atoms with Crippen LogP contribution in [0.15, 0.2) is 29.2 Å². The van der Waals surface area contributed by atoms with Crippen molar-refractivity contribution in [2.75, 3.05) is 6.54 Å². The minimum atomic E-state index is -4.32. The van der Waals surface area contributed by atoms with Crippen LogP contribution in [-0.2, 0) is 19.6 Å². The fourth-order valence-corrected chi connectivity index (χ4v) is 9.39. The number of Topliss-reactive ketones (excluding diaryl/α,β-unsaturated/α-hetero) is 1. The summed E-state index contributed by atoms with van der Waals surface area (Å²) in [4.78, 5) is 36.5. The number of primary amides is 1. The van der Waals surface area contributed by atoms with E-state index < -0.39 is 36.5 Å². The third-order valence-electron chi connectivity index (χ3n) is 8.46. The Labute approximate surface area is 200 Å². The monoisotopic (exact) mass is 491 g/mol. The number of sulfonamides is 1. The fraction of sp³-hybridized carbons (Fsp3) is 0.667. The van der Waals surface area contributed by atoms with Gasteiger partial charge in [-0.15, -0.1) is 0 Å². The van der Waals surface area contributed by atoms with E-state index in [1.807, 2.05) is 0 Å². The smallest absolute Gasteiger partial charge is 0.289 e. The summed E-state index contributed by atoms with van der Waals surface area (Å²) >= 11 is 0. The van der Waals surface area contributed by atoms with E-state index in [0.29, 0.717) is 18.3 Å². The summed E-state index contributed by atoms with van der Waals surface area (Å²) in [7, 11) is -4.32. The van der Waals surface area contributed by atoms with Gasteiger partial charge in [0.15, 0.2) is 10.7 Å². The molecule has 2 unspecified atom stereocenters. The summed E-state index contributed by atoms with van der Waals surface area (Å²) in [6.45, 7) is 4.73. The van der Waals surface area contributed by atoms with Gasteiger partial charge >= 0.3 is 0 Å². The Bertz CT molecular complexity index is 1130. The van der Waals surface area contributed by atoms with Crippen LogP contribution in [-0.4, -0.2) is 41.4 Å². The van der Waals surface area contributed by atoms with Gasteiger partial charge in [0.05, 0.1) is 15.9 Å². The molecule has 4 bridgehead atoms. The molecule has 0 spiro atoms. The molecule has 1 aromatic rings. The molecule has 2 N–H and O–H groups in total. The van der Waals surface area contributed by atoms with Gasteiger partial charge in [-0.3, -0.25) is 19.7 Å². The molecule has 0 aromatic heterocycles. The second-order valence-electron chi connectivity index (χ2n) is 11.2. The summed E-state index contributed by atoms with van der Waals surface area (Å²) in [6.07, 6.45) is 5.07. The molecule has 1 aromatic carbocycles. The Balaban J connectivity index is 1.64. The highest BCUT2D eigenvalue weighted by Gasteiger charge is 2.61. The molecule has 5 rings (SSSR count). The summed E-state index contributed by atoms with van der Waals surface area (Å²) < 4.78 is 28.2. The maximum Gasteiger partial charge on any atom is 0.289 e. The van der Waals surface area contributed by atoms with Gasteiger partial charge in [-0.1, -0.05) is 19.1 Å². The third-order valence-corrected chi connectivity index (χ3v) is 10.7. The van der Waals surface area contributed by atoms with Gasteiger partial charge in [0.1, 0.15) is 0 Å². The lowest BCUT2D eigenvalue weighted by Gasteiger charge is -2.61. The zero-order valence-electron chi connectivity index (χ0n) is 20.0. The summed E-state index contributed by atoms with van der Waals surface area (Å²) in [5, 5.41) is 11.5. The van der Waals surface area contributed by atoms with Gasteiger partial charge < -0.3 is 5.73 Å². The second kappa shape index (κ2) is 8.12. The van der Waals surface area contributed by atoms with E-state index in [1.165, 1.54) is 18.2 Å². The van der Waals surface area contributed by atoms with Crippen molar-refractivity contribution < 1.29 is 22.9 Å². The number of carbonyl (C=O) groups excluding carboxylic acids is 2. The van der Waals surface area contributed by atoms with Crippen molar-refractivity contribution in [3.05, 3.63) is 34.4 Å². The van der Waals surface area contributed by atoms with Crippen LogP contribution in [0.3, 0.4) is 0 Å². The average molecular weight is 492 g/mol. The highest BCUT2D eigenvalue weighted by molar-refractivity contribution is 7.89.